The Hall–Kier alpha value is -1.86. The molecule has 0 aromatic carbocycles. The number of nitrogens with zero attached hydrogens (tertiary/aromatic N) is 4. The third-order valence-electron chi connectivity index (χ3n) is 3.99. The number of aromatic nitrogens is 4. The van der Waals surface area contributed by atoms with Gasteiger partial charge in [0, 0.05) is 0 Å². The lowest BCUT2D eigenvalue weighted by molar-refractivity contribution is -0.201. The maximum absolute atomic E-state index is 12.9. The SMILES string of the molecule is Fc1ccc(-c2cn(CC3CCC4(COC4)O3)nn2)nc1. The number of ether oxygens (including phenoxy) is 2. The molecule has 4 heterocycles. The minimum Gasteiger partial charge on any atom is -0.375 e. The quantitative estimate of drug-likeness (QED) is 0.855. The highest BCUT2D eigenvalue weighted by molar-refractivity contribution is 5.51. The molecule has 0 aliphatic carbocycles. The van der Waals surface area contributed by atoms with Gasteiger partial charge in [0.2, 0.25) is 0 Å². The lowest BCUT2D eigenvalue weighted by Gasteiger charge is -2.37. The first-order valence-electron chi connectivity index (χ1n) is 7.00. The van der Waals surface area contributed by atoms with E-state index in [-0.39, 0.29) is 17.5 Å². The van der Waals surface area contributed by atoms with Crippen LogP contribution in [-0.2, 0) is 16.0 Å². The van der Waals surface area contributed by atoms with Crippen LogP contribution in [0.4, 0.5) is 4.39 Å². The van der Waals surface area contributed by atoms with Crippen LogP contribution in [-0.4, -0.2) is 44.9 Å². The van der Waals surface area contributed by atoms with E-state index in [1.807, 2.05) is 6.20 Å². The summed E-state index contributed by atoms with van der Waals surface area (Å²) in [5.74, 6) is -0.362. The Kier molecular flexibility index (Phi) is 2.97. The molecule has 2 saturated heterocycles. The van der Waals surface area contributed by atoms with Crippen LogP contribution >= 0.6 is 0 Å². The standard InChI is InChI=1S/C14H15FN4O2/c15-10-1-2-12(16-5-10)13-7-19(18-17-13)6-11-3-4-14(21-11)8-20-9-14/h1-2,5,7,11H,3-4,6,8-9H2. The zero-order chi connectivity index (χ0) is 14.3. The van der Waals surface area contributed by atoms with Gasteiger partial charge in [-0.25, -0.2) is 9.07 Å². The van der Waals surface area contributed by atoms with Crippen molar-refractivity contribution in [3.05, 3.63) is 30.3 Å². The van der Waals surface area contributed by atoms with Crippen LogP contribution in [0.1, 0.15) is 12.8 Å². The highest BCUT2D eigenvalue weighted by Crippen LogP contribution is 2.36. The van der Waals surface area contributed by atoms with Gasteiger partial charge in [0.25, 0.3) is 0 Å². The molecule has 2 aromatic heterocycles. The summed E-state index contributed by atoms with van der Waals surface area (Å²) in [6.07, 6.45) is 5.18. The molecule has 6 nitrogen and oxygen atoms in total. The Labute approximate surface area is 120 Å². The molecule has 0 N–H and O–H groups in total. The summed E-state index contributed by atoms with van der Waals surface area (Å²) in [5, 5.41) is 8.17. The highest BCUT2D eigenvalue weighted by atomic mass is 19.1. The summed E-state index contributed by atoms with van der Waals surface area (Å²) in [6, 6.07) is 2.96. The van der Waals surface area contributed by atoms with Crippen LogP contribution in [0.15, 0.2) is 24.5 Å². The van der Waals surface area contributed by atoms with Gasteiger partial charge in [-0.05, 0) is 25.0 Å². The second-order valence-corrected chi connectivity index (χ2v) is 5.64. The van der Waals surface area contributed by atoms with Gasteiger partial charge >= 0.3 is 0 Å². The largest absolute Gasteiger partial charge is 0.375 e. The van der Waals surface area contributed by atoms with Crippen molar-refractivity contribution in [2.75, 3.05) is 13.2 Å². The van der Waals surface area contributed by atoms with Crippen LogP contribution in [0.3, 0.4) is 0 Å². The molecule has 0 bridgehead atoms. The second-order valence-electron chi connectivity index (χ2n) is 5.64. The van der Waals surface area contributed by atoms with Crippen LogP contribution in [0, 0.1) is 5.82 Å². The first kappa shape index (κ1) is 12.8. The molecule has 1 atom stereocenters. The maximum Gasteiger partial charge on any atom is 0.141 e. The minimum absolute atomic E-state index is 0.0490. The van der Waals surface area contributed by atoms with Crippen molar-refractivity contribution < 1.29 is 13.9 Å². The second kappa shape index (κ2) is 4.85. The molecule has 110 valence electrons. The highest BCUT2D eigenvalue weighted by Gasteiger charge is 2.46. The number of pyridine rings is 1. The molecular formula is C14H15FN4O2. The Morgan fingerprint density at radius 1 is 1.33 bits per heavy atom. The zero-order valence-electron chi connectivity index (χ0n) is 11.4. The van der Waals surface area contributed by atoms with E-state index < -0.39 is 0 Å². The number of halogens is 1. The molecule has 7 heteroatoms. The summed E-state index contributed by atoms with van der Waals surface area (Å²) in [4.78, 5) is 4.00. The fourth-order valence-electron chi connectivity index (χ4n) is 2.81. The molecule has 0 saturated carbocycles. The predicted octanol–water partition coefficient (Wildman–Crippen LogP) is 1.43. The average molecular weight is 290 g/mol. The summed E-state index contributed by atoms with van der Waals surface area (Å²) in [7, 11) is 0. The van der Waals surface area contributed by atoms with Gasteiger partial charge in [-0.3, -0.25) is 4.98 Å². The lowest BCUT2D eigenvalue weighted by atomic mass is 9.98. The van der Waals surface area contributed by atoms with Crippen LogP contribution in [0.25, 0.3) is 11.4 Å². The summed E-state index contributed by atoms with van der Waals surface area (Å²) in [6.45, 7) is 2.06. The predicted molar refractivity (Wildman–Crippen MR) is 70.9 cm³/mol. The van der Waals surface area contributed by atoms with Gasteiger partial charge in [-0.2, -0.15) is 0 Å². The van der Waals surface area contributed by atoms with Crippen molar-refractivity contribution in [3.8, 4) is 11.4 Å². The van der Waals surface area contributed by atoms with Gasteiger partial charge in [-0.15, -0.1) is 5.10 Å². The Bertz CT molecular complexity index is 639. The van der Waals surface area contributed by atoms with Crippen LogP contribution < -0.4 is 0 Å². The van der Waals surface area contributed by atoms with Gasteiger partial charge in [0.1, 0.15) is 17.1 Å². The van der Waals surface area contributed by atoms with Crippen LogP contribution in [0.2, 0.25) is 0 Å². The molecule has 1 spiro atoms. The van der Waals surface area contributed by atoms with E-state index in [0.717, 1.165) is 12.8 Å². The number of hydrogen-bond donors (Lipinski definition) is 0. The Morgan fingerprint density at radius 2 is 2.24 bits per heavy atom. The van der Waals surface area contributed by atoms with E-state index in [1.54, 1.807) is 10.7 Å². The Morgan fingerprint density at radius 3 is 2.90 bits per heavy atom. The van der Waals surface area contributed by atoms with Crippen molar-refractivity contribution in [2.45, 2.75) is 31.1 Å². The monoisotopic (exact) mass is 290 g/mol. The number of hydrogen-bond acceptors (Lipinski definition) is 5. The van der Waals surface area contributed by atoms with E-state index >= 15 is 0 Å². The molecule has 4 rings (SSSR count). The van der Waals surface area contributed by atoms with E-state index in [2.05, 4.69) is 15.3 Å². The molecule has 0 radical (unpaired) electrons. The molecule has 0 amide bonds. The van der Waals surface area contributed by atoms with Crippen molar-refractivity contribution in [3.63, 3.8) is 0 Å². The molecule has 1 unspecified atom stereocenters. The average Bonchev–Trinajstić information content (AvgIpc) is 3.07. The summed E-state index contributed by atoms with van der Waals surface area (Å²) < 4.78 is 25.9. The topological polar surface area (TPSA) is 62.1 Å². The maximum atomic E-state index is 12.9. The van der Waals surface area contributed by atoms with Crippen LogP contribution in [0.5, 0.6) is 0 Å². The summed E-state index contributed by atoms with van der Waals surface area (Å²) >= 11 is 0. The van der Waals surface area contributed by atoms with Gasteiger partial charge in [0.05, 0.1) is 44.0 Å². The fourth-order valence-corrected chi connectivity index (χ4v) is 2.81. The molecule has 2 aromatic rings. The van der Waals surface area contributed by atoms with Gasteiger partial charge in [0.15, 0.2) is 0 Å². The summed E-state index contributed by atoms with van der Waals surface area (Å²) in [5.41, 5.74) is 1.20. The smallest absolute Gasteiger partial charge is 0.141 e. The fraction of sp³-hybridized carbons (Fsp3) is 0.500. The van der Waals surface area contributed by atoms with Crippen molar-refractivity contribution in [2.24, 2.45) is 0 Å². The minimum atomic E-state index is -0.362. The van der Waals surface area contributed by atoms with Gasteiger partial charge in [-0.1, -0.05) is 5.21 Å². The third kappa shape index (κ3) is 2.43. The first-order chi connectivity index (χ1) is 10.2. The zero-order valence-corrected chi connectivity index (χ0v) is 11.4. The van der Waals surface area contributed by atoms with Gasteiger partial charge < -0.3 is 9.47 Å². The lowest BCUT2D eigenvalue weighted by Crippen LogP contribution is -2.49. The van der Waals surface area contributed by atoms with Crippen molar-refractivity contribution in [1.29, 1.82) is 0 Å². The van der Waals surface area contributed by atoms with Crippen molar-refractivity contribution in [1.82, 2.24) is 20.0 Å². The third-order valence-corrected chi connectivity index (χ3v) is 3.99. The molecule has 2 aliphatic heterocycles. The molecular weight excluding hydrogens is 275 g/mol. The van der Waals surface area contributed by atoms with E-state index in [1.165, 1.54) is 12.3 Å². The Balaban J connectivity index is 1.44. The molecule has 2 aliphatic rings. The molecule has 2 fully saturated rings. The normalized spacial score (nSPS) is 23.4. The molecule has 21 heavy (non-hydrogen) atoms. The first-order valence-corrected chi connectivity index (χ1v) is 7.00. The van der Waals surface area contributed by atoms with E-state index in [9.17, 15) is 4.39 Å². The van der Waals surface area contributed by atoms with E-state index in [0.29, 0.717) is 31.1 Å². The van der Waals surface area contributed by atoms with E-state index in [4.69, 9.17) is 9.47 Å². The number of rotatable bonds is 3. The van der Waals surface area contributed by atoms with Crippen molar-refractivity contribution >= 4 is 0 Å².